The largest absolute Gasteiger partial charge is 0.305 e. The van der Waals surface area contributed by atoms with Gasteiger partial charge in [0, 0.05) is 49.0 Å². The Balaban J connectivity index is 3.65. The Hall–Kier alpha value is -0.550. The summed E-state index contributed by atoms with van der Waals surface area (Å²) >= 11 is 2.28. The zero-order valence-corrected chi connectivity index (χ0v) is 12.3. The molecule has 0 heterocycles. The minimum atomic E-state index is 0.632. The number of nitrogens with two attached hydrogens (primary N) is 2. The van der Waals surface area contributed by atoms with Gasteiger partial charge in [0.2, 0.25) is 0 Å². The maximum Gasteiger partial charge on any atom is 0.0755 e. The van der Waals surface area contributed by atoms with Crippen LogP contribution in [0.5, 0.6) is 0 Å². The lowest BCUT2D eigenvalue weighted by atomic mass is 10.4. The van der Waals surface area contributed by atoms with Crippen LogP contribution in [0.1, 0.15) is 6.92 Å². The number of hydrogen-bond acceptors (Lipinski definition) is 6. The van der Waals surface area contributed by atoms with Crippen molar-refractivity contribution < 1.29 is 0 Å². The normalized spacial score (nSPS) is 12.5. The summed E-state index contributed by atoms with van der Waals surface area (Å²) in [7, 11) is 0. The highest BCUT2D eigenvalue weighted by Gasteiger charge is 2.05. The second-order valence-corrected chi connectivity index (χ2v) is 4.67. The summed E-state index contributed by atoms with van der Waals surface area (Å²) in [6.45, 7) is 8.08. The Morgan fingerprint density at radius 3 is 2.06 bits per heavy atom. The van der Waals surface area contributed by atoms with Crippen molar-refractivity contribution in [2.24, 2.45) is 32.4 Å². The van der Waals surface area contributed by atoms with E-state index in [1.807, 2.05) is 0 Å². The van der Waals surface area contributed by atoms with Crippen molar-refractivity contribution >= 4 is 22.9 Å². The molecular formula is C8H21IN8. The first-order valence-electron chi connectivity index (χ1n) is 5.51. The molecule has 0 aromatic carbocycles. The third-order valence-electron chi connectivity index (χ3n) is 2.23. The third kappa shape index (κ3) is 10.3. The first-order chi connectivity index (χ1) is 8.24. The molecule has 0 aromatic rings. The molecule has 8 nitrogen and oxygen atoms in total. The summed E-state index contributed by atoms with van der Waals surface area (Å²) < 4.78 is 2.17. The lowest BCUT2D eigenvalue weighted by molar-refractivity contribution is 0.278. The van der Waals surface area contributed by atoms with E-state index >= 15 is 0 Å². The number of rotatable bonds is 10. The quantitative estimate of drug-likeness (QED) is 0.197. The second kappa shape index (κ2) is 11.9. The average molecular weight is 356 g/mol. The van der Waals surface area contributed by atoms with E-state index in [4.69, 9.17) is 11.7 Å². The lowest BCUT2D eigenvalue weighted by Gasteiger charge is -2.21. The van der Waals surface area contributed by atoms with Gasteiger partial charge >= 0.3 is 0 Å². The molecule has 0 bridgehead atoms. The molecule has 0 saturated carbocycles. The van der Waals surface area contributed by atoms with E-state index in [0.29, 0.717) is 13.1 Å². The average Bonchev–Trinajstić information content (AvgIpc) is 2.34. The zero-order valence-electron chi connectivity index (χ0n) is 10.2. The van der Waals surface area contributed by atoms with Gasteiger partial charge in [-0.1, -0.05) is 17.4 Å². The van der Waals surface area contributed by atoms with Gasteiger partial charge < -0.3 is 16.6 Å². The molecule has 0 fully saturated rings. The predicted molar refractivity (Wildman–Crippen MR) is 75.5 cm³/mol. The summed E-state index contributed by atoms with van der Waals surface area (Å²) in [6.07, 6.45) is 0. The topological polar surface area (TPSA) is 108 Å². The van der Waals surface area contributed by atoms with Crippen molar-refractivity contribution in [3.63, 3.8) is 0 Å². The molecule has 0 aliphatic rings. The Kier molecular flexibility index (Phi) is 11.5. The van der Waals surface area contributed by atoms with Gasteiger partial charge in [-0.25, -0.2) is 3.11 Å². The van der Waals surface area contributed by atoms with Gasteiger partial charge in [0.15, 0.2) is 0 Å². The fourth-order valence-corrected chi connectivity index (χ4v) is 1.68. The van der Waals surface area contributed by atoms with Gasteiger partial charge in [-0.3, -0.25) is 0 Å². The molecule has 0 amide bonds. The Morgan fingerprint density at radius 1 is 0.941 bits per heavy atom. The van der Waals surface area contributed by atoms with E-state index in [1.165, 1.54) is 0 Å². The monoisotopic (exact) mass is 356 g/mol. The molecular weight excluding hydrogens is 335 g/mol. The SMILES string of the molecule is CCN(CCN=NN)CCN(I)CCN=NN. The van der Waals surface area contributed by atoms with Gasteiger partial charge in [-0.05, 0) is 6.54 Å². The molecule has 100 valence electrons. The van der Waals surface area contributed by atoms with E-state index in [2.05, 4.69) is 58.5 Å². The minimum Gasteiger partial charge on any atom is -0.305 e. The fourth-order valence-electron chi connectivity index (χ4n) is 1.24. The van der Waals surface area contributed by atoms with Gasteiger partial charge in [0.25, 0.3) is 0 Å². The first-order valence-corrected chi connectivity index (χ1v) is 6.47. The van der Waals surface area contributed by atoms with Crippen LogP contribution in [0.25, 0.3) is 0 Å². The smallest absolute Gasteiger partial charge is 0.0755 e. The molecule has 4 N–H and O–H groups in total. The van der Waals surface area contributed by atoms with Crippen molar-refractivity contribution in [2.45, 2.75) is 6.92 Å². The molecule has 0 radical (unpaired) electrons. The molecule has 0 spiro atoms. The van der Waals surface area contributed by atoms with E-state index in [0.717, 1.165) is 32.7 Å². The van der Waals surface area contributed by atoms with E-state index in [9.17, 15) is 0 Å². The van der Waals surface area contributed by atoms with Crippen LogP contribution in [0.4, 0.5) is 0 Å². The number of nitrogens with zero attached hydrogens (tertiary/aromatic N) is 6. The minimum absolute atomic E-state index is 0.632. The Bertz CT molecular complexity index is 222. The van der Waals surface area contributed by atoms with Gasteiger partial charge in [-0.15, -0.1) is 0 Å². The van der Waals surface area contributed by atoms with Crippen LogP contribution >= 0.6 is 22.9 Å². The van der Waals surface area contributed by atoms with Crippen molar-refractivity contribution in [1.29, 1.82) is 0 Å². The number of halogens is 1. The molecule has 0 saturated heterocycles. The van der Waals surface area contributed by atoms with Crippen LogP contribution in [0.3, 0.4) is 0 Å². The molecule has 9 heteroatoms. The van der Waals surface area contributed by atoms with Crippen molar-refractivity contribution in [2.75, 3.05) is 45.8 Å². The summed E-state index contributed by atoms with van der Waals surface area (Å²) in [6, 6.07) is 0. The maximum absolute atomic E-state index is 4.95. The van der Waals surface area contributed by atoms with Crippen LogP contribution in [-0.4, -0.2) is 53.8 Å². The summed E-state index contributed by atoms with van der Waals surface area (Å²) in [5.74, 6) is 9.87. The van der Waals surface area contributed by atoms with E-state index in [-0.39, 0.29) is 0 Å². The second-order valence-electron chi connectivity index (χ2n) is 3.31. The van der Waals surface area contributed by atoms with Crippen molar-refractivity contribution in [3.05, 3.63) is 0 Å². The van der Waals surface area contributed by atoms with Gasteiger partial charge in [-0.2, -0.15) is 10.2 Å². The zero-order chi connectivity index (χ0) is 12.9. The first kappa shape index (κ1) is 16.4. The van der Waals surface area contributed by atoms with E-state index in [1.54, 1.807) is 0 Å². The van der Waals surface area contributed by atoms with Crippen LogP contribution in [0.15, 0.2) is 20.7 Å². The molecule has 0 atom stereocenters. The molecule has 0 aliphatic heterocycles. The Morgan fingerprint density at radius 2 is 1.53 bits per heavy atom. The van der Waals surface area contributed by atoms with Crippen LogP contribution < -0.4 is 11.7 Å². The summed E-state index contributed by atoms with van der Waals surface area (Å²) in [4.78, 5) is 2.30. The molecule has 17 heavy (non-hydrogen) atoms. The highest BCUT2D eigenvalue weighted by Crippen LogP contribution is 1.99. The summed E-state index contributed by atoms with van der Waals surface area (Å²) in [5, 5.41) is 13.9. The van der Waals surface area contributed by atoms with Crippen LogP contribution in [0, 0.1) is 0 Å². The molecule has 0 unspecified atom stereocenters. The highest BCUT2D eigenvalue weighted by molar-refractivity contribution is 14.1. The summed E-state index contributed by atoms with van der Waals surface area (Å²) in [5.41, 5.74) is 0. The van der Waals surface area contributed by atoms with E-state index < -0.39 is 0 Å². The molecule has 0 aromatic heterocycles. The fraction of sp³-hybridized carbons (Fsp3) is 1.00. The van der Waals surface area contributed by atoms with Crippen LogP contribution in [0.2, 0.25) is 0 Å². The maximum atomic E-state index is 4.95. The Labute approximate surface area is 116 Å². The predicted octanol–water partition coefficient (Wildman–Crippen LogP) is 0.612. The molecule has 0 aliphatic carbocycles. The van der Waals surface area contributed by atoms with Crippen molar-refractivity contribution in [1.82, 2.24) is 8.01 Å². The number of likely N-dealkylation sites (N-methyl/N-ethyl adjacent to an activating group) is 1. The standard InChI is InChI=1S/C8H21IN8/c1-2-16(5-3-12-14-10)7-8-17(9)6-4-13-15-11/h2-8H2,1H3,(H2,10,12)(H2,11,13). The van der Waals surface area contributed by atoms with Crippen LogP contribution in [-0.2, 0) is 0 Å². The lowest BCUT2D eigenvalue weighted by Crippen LogP contribution is -2.33. The molecule has 0 rings (SSSR count). The van der Waals surface area contributed by atoms with Crippen molar-refractivity contribution in [3.8, 4) is 0 Å². The third-order valence-corrected chi connectivity index (χ3v) is 3.19. The number of hydrogen-bond donors (Lipinski definition) is 2. The van der Waals surface area contributed by atoms with Gasteiger partial charge in [0.05, 0.1) is 13.1 Å². The van der Waals surface area contributed by atoms with Gasteiger partial charge in [0.1, 0.15) is 0 Å². The highest BCUT2D eigenvalue weighted by atomic mass is 127.